The summed E-state index contributed by atoms with van der Waals surface area (Å²) in [5, 5.41) is 12.4. The fourth-order valence-corrected chi connectivity index (χ4v) is 1.92. The van der Waals surface area contributed by atoms with Crippen molar-refractivity contribution in [3.8, 4) is 11.4 Å². The molecule has 0 aliphatic rings. The third-order valence-electron chi connectivity index (χ3n) is 2.72. The van der Waals surface area contributed by atoms with Crippen molar-refractivity contribution in [2.24, 2.45) is 0 Å². The number of carbonyl (C=O) groups is 1. The number of aromatic carboxylic acids is 1. The average molecular weight is 285 g/mol. The number of hydrogen-bond donors (Lipinski definition) is 2. The lowest BCUT2D eigenvalue weighted by Gasteiger charge is -2.21. The molecule has 0 aliphatic carbocycles. The highest BCUT2D eigenvalue weighted by molar-refractivity contribution is 5.87. The molecule has 0 unspecified atom stereocenters. The number of aromatic nitrogens is 2. The molecule has 1 aromatic heterocycles. The average Bonchev–Trinajstić information content (AvgIpc) is 2.36. The lowest BCUT2D eigenvalue weighted by Crippen LogP contribution is -2.27. The topological polar surface area (TPSA) is 75.1 Å². The first-order valence-electron chi connectivity index (χ1n) is 6.72. The molecule has 0 saturated carbocycles. The van der Waals surface area contributed by atoms with Crippen LogP contribution in [-0.2, 0) is 0 Å². The van der Waals surface area contributed by atoms with Crippen LogP contribution in [0, 0.1) is 6.92 Å². The number of rotatable bonds is 3. The van der Waals surface area contributed by atoms with Crippen LogP contribution in [0.2, 0.25) is 0 Å². The molecule has 0 atom stereocenters. The maximum Gasteiger partial charge on any atom is 0.354 e. The zero-order chi connectivity index (χ0) is 15.6. The van der Waals surface area contributed by atoms with Crippen molar-refractivity contribution in [3.63, 3.8) is 0 Å². The Labute approximate surface area is 124 Å². The van der Waals surface area contributed by atoms with E-state index in [0.29, 0.717) is 11.6 Å². The molecule has 2 rings (SSSR count). The van der Waals surface area contributed by atoms with Crippen LogP contribution in [0.15, 0.2) is 30.3 Å². The van der Waals surface area contributed by atoms with Gasteiger partial charge in [-0.15, -0.1) is 0 Å². The third kappa shape index (κ3) is 4.02. The quantitative estimate of drug-likeness (QED) is 0.904. The van der Waals surface area contributed by atoms with E-state index in [0.717, 1.165) is 11.1 Å². The van der Waals surface area contributed by atoms with Gasteiger partial charge in [0.25, 0.3) is 0 Å². The highest BCUT2D eigenvalue weighted by atomic mass is 16.4. The fraction of sp³-hybridized carbons (Fsp3) is 0.312. The van der Waals surface area contributed by atoms with Crippen molar-refractivity contribution < 1.29 is 9.90 Å². The number of anilines is 1. The van der Waals surface area contributed by atoms with Crippen LogP contribution >= 0.6 is 0 Å². The van der Waals surface area contributed by atoms with Gasteiger partial charge in [-0.25, -0.2) is 14.8 Å². The molecular formula is C16H19N3O2. The monoisotopic (exact) mass is 285 g/mol. The summed E-state index contributed by atoms with van der Waals surface area (Å²) < 4.78 is 0. The number of carboxylic acids is 1. The van der Waals surface area contributed by atoms with Gasteiger partial charge in [0.15, 0.2) is 11.5 Å². The number of nitrogens with zero attached hydrogens (tertiary/aromatic N) is 2. The first-order chi connectivity index (χ1) is 9.74. The zero-order valence-electron chi connectivity index (χ0n) is 12.6. The highest BCUT2D eigenvalue weighted by Gasteiger charge is 2.16. The Bertz CT molecular complexity index is 675. The largest absolute Gasteiger partial charge is 0.477 e. The van der Waals surface area contributed by atoms with E-state index in [4.69, 9.17) is 0 Å². The lowest BCUT2D eigenvalue weighted by atomic mass is 10.1. The van der Waals surface area contributed by atoms with Crippen LogP contribution in [0.1, 0.15) is 36.8 Å². The van der Waals surface area contributed by atoms with Crippen molar-refractivity contribution in [1.29, 1.82) is 0 Å². The second kappa shape index (κ2) is 5.52. The van der Waals surface area contributed by atoms with Crippen molar-refractivity contribution >= 4 is 11.8 Å². The molecule has 0 radical (unpaired) electrons. The Balaban J connectivity index is 2.52. The van der Waals surface area contributed by atoms with Crippen LogP contribution in [0.4, 0.5) is 5.82 Å². The molecule has 21 heavy (non-hydrogen) atoms. The van der Waals surface area contributed by atoms with Crippen LogP contribution < -0.4 is 5.32 Å². The summed E-state index contributed by atoms with van der Waals surface area (Å²) in [7, 11) is 0. The highest BCUT2D eigenvalue weighted by Crippen LogP contribution is 2.21. The van der Waals surface area contributed by atoms with Crippen LogP contribution in [0.5, 0.6) is 0 Å². The maximum absolute atomic E-state index is 11.3. The summed E-state index contributed by atoms with van der Waals surface area (Å²) in [6, 6.07) is 9.13. The van der Waals surface area contributed by atoms with Crippen molar-refractivity contribution in [2.45, 2.75) is 33.2 Å². The van der Waals surface area contributed by atoms with Crippen molar-refractivity contribution in [2.75, 3.05) is 5.32 Å². The van der Waals surface area contributed by atoms with E-state index in [2.05, 4.69) is 15.3 Å². The molecule has 5 nitrogen and oxygen atoms in total. The second-order valence-corrected chi connectivity index (χ2v) is 6.01. The minimum atomic E-state index is -1.07. The number of benzene rings is 1. The Hall–Kier alpha value is -2.43. The molecule has 110 valence electrons. The molecular weight excluding hydrogens is 266 g/mol. The number of hydrogen-bond acceptors (Lipinski definition) is 4. The van der Waals surface area contributed by atoms with Gasteiger partial charge in [-0.1, -0.05) is 23.8 Å². The predicted octanol–water partition coefficient (Wildman–Crippen LogP) is 3.36. The van der Waals surface area contributed by atoms with E-state index >= 15 is 0 Å². The Morgan fingerprint density at radius 3 is 2.48 bits per heavy atom. The number of carboxylic acid groups (broad SMARTS) is 1. The fourth-order valence-electron chi connectivity index (χ4n) is 1.92. The molecule has 0 aliphatic heterocycles. The van der Waals surface area contributed by atoms with Gasteiger partial charge in [0.1, 0.15) is 5.82 Å². The number of nitrogens with one attached hydrogen (secondary N) is 1. The van der Waals surface area contributed by atoms with Crippen molar-refractivity contribution in [1.82, 2.24) is 9.97 Å². The molecule has 2 aromatic rings. The van der Waals surface area contributed by atoms with Crippen LogP contribution in [0.3, 0.4) is 0 Å². The van der Waals surface area contributed by atoms with Gasteiger partial charge in [-0.05, 0) is 33.8 Å². The Morgan fingerprint density at radius 1 is 1.19 bits per heavy atom. The minimum Gasteiger partial charge on any atom is -0.477 e. The SMILES string of the molecule is Cc1cccc(-c2nc(NC(C)(C)C)cc(C(=O)O)n2)c1. The second-order valence-electron chi connectivity index (χ2n) is 6.01. The summed E-state index contributed by atoms with van der Waals surface area (Å²) >= 11 is 0. The van der Waals surface area contributed by atoms with Gasteiger partial charge in [0.2, 0.25) is 0 Å². The van der Waals surface area contributed by atoms with Gasteiger partial charge >= 0.3 is 5.97 Å². The van der Waals surface area contributed by atoms with Gasteiger partial charge < -0.3 is 10.4 Å². The van der Waals surface area contributed by atoms with E-state index in [9.17, 15) is 9.90 Å². The molecule has 0 saturated heterocycles. The molecule has 2 N–H and O–H groups in total. The summed E-state index contributed by atoms with van der Waals surface area (Å²) in [5.74, 6) is -0.153. The van der Waals surface area contributed by atoms with Gasteiger partial charge in [-0.2, -0.15) is 0 Å². The first-order valence-corrected chi connectivity index (χ1v) is 6.72. The predicted molar refractivity (Wildman–Crippen MR) is 82.5 cm³/mol. The molecule has 1 heterocycles. The third-order valence-corrected chi connectivity index (χ3v) is 2.72. The summed E-state index contributed by atoms with van der Waals surface area (Å²) in [5.41, 5.74) is 1.64. The molecule has 5 heteroatoms. The molecule has 1 aromatic carbocycles. The Kier molecular flexibility index (Phi) is 3.93. The first kappa shape index (κ1) is 15.0. The molecule has 0 bridgehead atoms. The summed E-state index contributed by atoms with van der Waals surface area (Å²) in [6.07, 6.45) is 0. The maximum atomic E-state index is 11.3. The zero-order valence-corrected chi connectivity index (χ0v) is 12.6. The number of aryl methyl sites for hydroxylation is 1. The normalized spacial score (nSPS) is 11.2. The van der Waals surface area contributed by atoms with Gasteiger partial charge in [0.05, 0.1) is 0 Å². The van der Waals surface area contributed by atoms with Gasteiger partial charge in [-0.3, -0.25) is 0 Å². The standard InChI is InChI=1S/C16H19N3O2/c1-10-6-5-7-11(8-10)14-17-12(15(20)21)9-13(18-14)19-16(2,3)4/h5-9H,1-4H3,(H,20,21)(H,17,18,19). The van der Waals surface area contributed by atoms with E-state index in [-0.39, 0.29) is 11.2 Å². The summed E-state index contributed by atoms with van der Waals surface area (Å²) in [4.78, 5) is 19.8. The van der Waals surface area contributed by atoms with E-state index in [1.165, 1.54) is 6.07 Å². The van der Waals surface area contributed by atoms with Crippen LogP contribution in [-0.4, -0.2) is 26.6 Å². The molecule has 0 fully saturated rings. The van der Waals surface area contributed by atoms with E-state index in [1.807, 2.05) is 52.0 Å². The van der Waals surface area contributed by atoms with Crippen LogP contribution in [0.25, 0.3) is 11.4 Å². The lowest BCUT2D eigenvalue weighted by molar-refractivity contribution is 0.0690. The van der Waals surface area contributed by atoms with Gasteiger partial charge in [0, 0.05) is 17.2 Å². The summed E-state index contributed by atoms with van der Waals surface area (Å²) in [6.45, 7) is 7.94. The smallest absolute Gasteiger partial charge is 0.354 e. The van der Waals surface area contributed by atoms with E-state index in [1.54, 1.807) is 0 Å². The Morgan fingerprint density at radius 2 is 1.90 bits per heavy atom. The molecule has 0 spiro atoms. The molecule has 0 amide bonds. The van der Waals surface area contributed by atoms with Crippen molar-refractivity contribution in [3.05, 3.63) is 41.6 Å². The minimum absolute atomic E-state index is 0.0201. The van der Waals surface area contributed by atoms with E-state index < -0.39 is 5.97 Å².